The van der Waals surface area contributed by atoms with Crippen molar-refractivity contribution in [2.24, 2.45) is 4.99 Å². The molecule has 1 aromatic heterocycles. The minimum Gasteiger partial charge on any atom is -0.493 e. The third-order valence-corrected chi connectivity index (χ3v) is 8.88. The highest BCUT2D eigenvalue weighted by Crippen LogP contribution is 2.46. The van der Waals surface area contributed by atoms with Crippen molar-refractivity contribution < 1.29 is 23.7 Å². The van der Waals surface area contributed by atoms with Crippen LogP contribution in [0.2, 0.25) is 0 Å². The summed E-state index contributed by atoms with van der Waals surface area (Å²) in [5.74, 6) is 3.99. The summed E-state index contributed by atoms with van der Waals surface area (Å²) >= 11 is 0. The van der Waals surface area contributed by atoms with E-state index in [1.54, 1.807) is 35.5 Å². The van der Waals surface area contributed by atoms with Gasteiger partial charge < -0.3 is 23.7 Å². The number of aromatic nitrogens is 1. The molecule has 1 saturated carbocycles. The Morgan fingerprint density at radius 2 is 1.49 bits per heavy atom. The van der Waals surface area contributed by atoms with Crippen molar-refractivity contribution in [3.05, 3.63) is 70.9 Å². The Hall–Kier alpha value is -4.04. The average Bonchev–Trinajstić information content (AvgIpc) is 3.05. The maximum Gasteiger partial charge on any atom is 0.203 e. The molecule has 240 valence electrons. The van der Waals surface area contributed by atoms with Crippen LogP contribution in [0.15, 0.2) is 59.2 Å². The van der Waals surface area contributed by atoms with Crippen molar-refractivity contribution in [1.29, 1.82) is 0 Å². The molecule has 0 spiro atoms. The van der Waals surface area contributed by atoms with Gasteiger partial charge in [0.25, 0.3) is 0 Å². The lowest BCUT2D eigenvalue weighted by Gasteiger charge is -2.28. The van der Waals surface area contributed by atoms with Crippen molar-refractivity contribution >= 4 is 5.71 Å². The number of benzene rings is 2. The quantitative estimate of drug-likeness (QED) is 0.176. The molecule has 2 aromatic carbocycles. The van der Waals surface area contributed by atoms with Crippen LogP contribution in [0.1, 0.15) is 68.1 Å². The van der Waals surface area contributed by atoms with E-state index in [1.807, 2.05) is 18.3 Å². The van der Waals surface area contributed by atoms with E-state index in [4.69, 9.17) is 33.7 Å². The summed E-state index contributed by atoms with van der Waals surface area (Å²) in [5, 5.41) is 0. The van der Waals surface area contributed by atoms with Gasteiger partial charge >= 0.3 is 0 Å². The molecule has 0 N–H and O–H groups in total. The molecule has 0 amide bonds. The Morgan fingerprint density at radius 1 is 0.800 bits per heavy atom. The number of rotatable bonds is 15. The Morgan fingerprint density at radius 3 is 2.11 bits per heavy atom. The first kappa shape index (κ1) is 32.4. The van der Waals surface area contributed by atoms with E-state index in [0.717, 1.165) is 79.5 Å². The fraction of sp³-hybridized carbons (Fsp3) is 0.459. The van der Waals surface area contributed by atoms with Crippen LogP contribution >= 0.6 is 0 Å². The first-order valence-corrected chi connectivity index (χ1v) is 16.0. The largest absolute Gasteiger partial charge is 0.493 e. The number of ether oxygens (including phenoxy) is 5. The first-order valence-electron chi connectivity index (χ1n) is 16.0. The lowest BCUT2D eigenvalue weighted by molar-refractivity contribution is 0.268. The highest BCUT2D eigenvalue weighted by atomic mass is 16.5. The standard InChI is InChI=1S/C37H47N3O5/c1-7-16-40(17-13-25-11-14-38-31(18-25)29-22-34(42-3)37(45-6)35(23-29)43-4)24-26-12-15-39-32(19-26)28-20-30(27-9-8-10-27)36(44-5)33(21-28)41-2/h12,15,18-23,27H,7-11,13-14,16-17,24H2,1-6H3. The zero-order chi connectivity index (χ0) is 31.8. The van der Waals surface area contributed by atoms with Gasteiger partial charge in [-0.1, -0.05) is 18.9 Å². The summed E-state index contributed by atoms with van der Waals surface area (Å²) in [4.78, 5) is 12.1. The fourth-order valence-electron chi connectivity index (χ4n) is 6.27. The molecule has 1 fully saturated rings. The predicted octanol–water partition coefficient (Wildman–Crippen LogP) is 7.48. The Balaban J connectivity index is 1.31. The van der Waals surface area contributed by atoms with Gasteiger partial charge in [-0.3, -0.25) is 14.9 Å². The average molecular weight is 614 g/mol. The van der Waals surface area contributed by atoms with Gasteiger partial charge in [0.1, 0.15) is 0 Å². The number of allylic oxidation sites excluding steroid dienone is 1. The molecular weight excluding hydrogens is 566 g/mol. The van der Waals surface area contributed by atoms with Crippen LogP contribution in [-0.4, -0.2) is 70.8 Å². The van der Waals surface area contributed by atoms with E-state index in [0.29, 0.717) is 23.2 Å². The van der Waals surface area contributed by atoms with Gasteiger partial charge in [0.2, 0.25) is 5.75 Å². The fourth-order valence-corrected chi connectivity index (χ4v) is 6.27. The van der Waals surface area contributed by atoms with Crippen molar-refractivity contribution in [2.75, 3.05) is 55.2 Å². The van der Waals surface area contributed by atoms with Crippen LogP contribution in [0.25, 0.3) is 11.3 Å². The van der Waals surface area contributed by atoms with E-state index in [2.05, 4.69) is 42.2 Å². The summed E-state index contributed by atoms with van der Waals surface area (Å²) in [6, 6.07) is 12.6. The number of pyridine rings is 1. The molecule has 2 aliphatic rings. The number of dihydropyridines is 1. The number of hydrogen-bond acceptors (Lipinski definition) is 8. The second-order valence-electron chi connectivity index (χ2n) is 11.7. The summed E-state index contributed by atoms with van der Waals surface area (Å²) in [7, 11) is 8.33. The lowest BCUT2D eigenvalue weighted by Crippen LogP contribution is -2.26. The normalized spacial score (nSPS) is 14.8. The molecule has 1 aliphatic carbocycles. The highest BCUT2D eigenvalue weighted by molar-refractivity contribution is 6.10. The van der Waals surface area contributed by atoms with Crippen molar-refractivity contribution in [2.45, 2.75) is 57.9 Å². The Bertz CT molecular complexity index is 1500. The molecule has 0 radical (unpaired) electrons. The molecule has 8 nitrogen and oxygen atoms in total. The summed E-state index contributed by atoms with van der Waals surface area (Å²) in [6.45, 7) is 5.88. The smallest absolute Gasteiger partial charge is 0.203 e. The zero-order valence-electron chi connectivity index (χ0n) is 27.7. The molecule has 3 aromatic rings. The third-order valence-electron chi connectivity index (χ3n) is 8.88. The molecule has 0 atom stereocenters. The minimum absolute atomic E-state index is 0.519. The monoisotopic (exact) mass is 613 g/mol. The van der Waals surface area contributed by atoms with Crippen molar-refractivity contribution in [1.82, 2.24) is 9.88 Å². The topological polar surface area (TPSA) is 74.6 Å². The van der Waals surface area contributed by atoms with Gasteiger partial charge in [-0.25, -0.2) is 0 Å². The third kappa shape index (κ3) is 7.44. The van der Waals surface area contributed by atoms with E-state index in [9.17, 15) is 0 Å². The van der Waals surface area contributed by atoms with Gasteiger partial charge in [-0.15, -0.1) is 0 Å². The molecule has 8 heteroatoms. The molecule has 0 bridgehead atoms. The molecule has 0 unspecified atom stereocenters. The van der Waals surface area contributed by atoms with Crippen LogP contribution in [0.5, 0.6) is 28.7 Å². The van der Waals surface area contributed by atoms with Gasteiger partial charge in [-0.05, 0) is 92.6 Å². The van der Waals surface area contributed by atoms with Crippen LogP contribution in [-0.2, 0) is 6.54 Å². The van der Waals surface area contributed by atoms with E-state index < -0.39 is 0 Å². The Labute approximate surface area is 268 Å². The number of methoxy groups -OCH3 is 5. The van der Waals surface area contributed by atoms with Gasteiger partial charge in [-0.2, -0.15) is 0 Å². The number of hydrogen-bond donors (Lipinski definition) is 0. The molecule has 2 heterocycles. The van der Waals surface area contributed by atoms with Crippen LogP contribution in [0.4, 0.5) is 0 Å². The second-order valence-corrected chi connectivity index (χ2v) is 11.7. The molecule has 5 rings (SSSR count). The highest BCUT2D eigenvalue weighted by Gasteiger charge is 2.26. The SMILES string of the molecule is CCCN(CCC1=CC(c2cc(OC)c(OC)c(OC)c2)=NCC1)Cc1ccnc(-c2cc(OC)c(OC)c(C3CCC3)c2)c1. The van der Waals surface area contributed by atoms with Crippen LogP contribution in [0.3, 0.4) is 0 Å². The molecule has 45 heavy (non-hydrogen) atoms. The van der Waals surface area contributed by atoms with E-state index in [1.165, 1.54) is 36.0 Å². The maximum atomic E-state index is 5.78. The van der Waals surface area contributed by atoms with E-state index in [-0.39, 0.29) is 0 Å². The Kier molecular flexibility index (Phi) is 11.0. The maximum absolute atomic E-state index is 5.78. The van der Waals surface area contributed by atoms with Gasteiger partial charge in [0, 0.05) is 42.5 Å². The second kappa shape index (κ2) is 15.3. The van der Waals surface area contributed by atoms with Crippen molar-refractivity contribution in [3.63, 3.8) is 0 Å². The van der Waals surface area contributed by atoms with E-state index >= 15 is 0 Å². The molecule has 1 aliphatic heterocycles. The molecule has 0 saturated heterocycles. The zero-order valence-corrected chi connectivity index (χ0v) is 27.7. The molecular formula is C37H47N3O5. The summed E-state index contributed by atoms with van der Waals surface area (Å²) in [6.07, 6.45) is 10.8. The van der Waals surface area contributed by atoms with Gasteiger partial charge in [0.15, 0.2) is 23.0 Å². The van der Waals surface area contributed by atoms with Crippen LogP contribution in [0, 0.1) is 0 Å². The van der Waals surface area contributed by atoms with Crippen molar-refractivity contribution in [3.8, 4) is 40.0 Å². The minimum atomic E-state index is 0.519. The first-order chi connectivity index (χ1) is 22.0. The summed E-state index contributed by atoms with van der Waals surface area (Å²) < 4.78 is 28.2. The van der Waals surface area contributed by atoms with Crippen LogP contribution < -0.4 is 23.7 Å². The number of nitrogens with zero attached hydrogens (tertiary/aromatic N) is 3. The summed E-state index contributed by atoms with van der Waals surface area (Å²) in [5.41, 5.74) is 7.84. The number of aliphatic imine (C=N–C) groups is 1. The van der Waals surface area contributed by atoms with Gasteiger partial charge in [0.05, 0.1) is 47.0 Å². The lowest BCUT2D eigenvalue weighted by atomic mass is 9.79. The predicted molar refractivity (Wildman–Crippen MR) is 180 cm³/mol.